The van der Waals surface area contributed by atoms with Crippen molar-refractivity contribution >= 4 is 0 Å². The maximum atomic E-state index is 5.21. The van der Waals surface area contributed by atoms with Crippen LogP contribution >= 0.6 is 0 Å². The van der Waals surface area contributed by atoms with Gasteiger partial charge in [0.05, 0.1) is 0 Å². The minimum absolute atomic E-state index is 0.491. The van der Waals surface area contributed by atoms with Gasteiger partial charge in [0.15, 0.2) is 0 Å². The van der Waals surface area contributed by atoms with E-state index in [1.807, 2.05) is 0 Å². The first-order chi connectivity index (χ1) is 3.83. The fourth-order valence-corrected chi connectivity index (χ4v) is 1.06. The summed E-state index contributed by atoms with van der Waals surface area (Å²) in [4.78, 5) is 0. The minimum Gasteiger partial charge on any atom is -0.313 e. The van der Waals surface area contributed by atoms with Gasteiger partial charge in [0.25, 0.3) is 0 Å². The van der Waals surface area contributed by atoms with Crippen LogP contribution in [0.15, 0.2) is 0 Å². The van der Waals surface area contributed by atoms with Crippen molar-refractivity contribution in [1.29, 1.82) is 0 Å². The van der Waals surface area contributed by atoms with Crippen LogP contribution in [0.5, 0.6) is 0 Å². The van der Waals surface area contributed by atoms with Gasteiger partial charge in [-0.2, -0.15) is 0 Å². The average molecular weight is 109 g/mol. The van der Waals surface area contributed by atoms with Crippen molar-refractivity contribution in [2.24, 2.45) is 5.92 Å². The van der Waals surface area contributed by atoms with Gasteiger partial charge in [0.2, 0.25) is 0 Å². The van der Waals surface area contributed by atoms with E-state index in [0.717, 1.165) is 13.0 Å². The molecule has 0 spiro atoms. The molecule has 1 saturated heterocycles. The standard InChI is InChI=1S/C7H11N/c1-3-7-4-6(2)8-5-7/h1,6-8H,4-5H2,2H3. The molecule has 0 bridgehead atoms. The summed E-state index contributed by atoms with van der Waals surface area (Å²) in [7, 11) is 0. The van der Waals surface area contributed by atoms with Gasteiger partial charge in [-0.3, -0.25) is 0 Å². The van der Waals surface area contributed by atoms with Crippen LogP contribution in [0.1, 0.15) is 13.3 Å². The number of rotatable bonds is 0. The molecule has 1 heteroatoms. The Morgan fingerprint density at radius 1 is 1.75 bits per heavy atom. The number of nitrogens with one attached hydrogen (secondary N) is 1. The third-order valence-corrected chi connectivity index (χ3v) is 1.59. The van der Waals surface area contributed by atoms with Crippen molar-refractivity contribution in [1.82, 2.24) is 5.32 Å². The lowest BCUT2D eigenvalue weighted by Crippen LogP contribution is -2.16. The van der Waals surface area contributed by atoms with Crippen LogP contribution in [-0.2, 0) is 0 Å². The quantitative estimate of drug-likeness (QED) is 0.450. The molecule has 0 saturated carbocycles. The third kappa shape index (κ3) is 1.02. The van der Waals surface area contributed by atoms with Gasteiger partial charge >= 0.3 is 0 Å². The highest BCUT2D eigenvalue weighted by atomic mass is 14.9. The molecule has 0 amide bonds. The average Bonchev–Trinajstić information content (AvgIpc) is 2.14. The summed E-state index contributed by atoms with van der Waals surface area (Å²) in [5, 5.41) is 3.28. The molecule has 44 valence electrons. The van der Waals surface area contributed by atoms with Crippen LogP contribution in [0.2, 0.25) is 0 Å². The van der Waals surface area contributed by atoms with Gasteiger partial charge in [0.1, 0.15) is 0 Å². The monoisotopic (exact) mass is 109 g/mol. The minimum atomic E-state index is 0.491. The predicted octanol–water partition coefficient (Wildman–Crippen LogP) is 0.618. The fourth-order valence-electron chi connectivity index (χ4n) is 1.06. The molecule has 1 aliphatic rings. The molecule has 2 atom stereocenters. The van der Waals surface area contributed by atoms with Crippen molar-refractivity contribution in [3.63, 3.8) is 0 Å². The van der Waals surface area contributed by atoms with Crippen molar-refractivity contribution < 1.29 is 0 Å². The van der Waals surface area contributed by atoms with Gasteiger partial charge in [-0.25, -0.2) is 0 Å². The summed E-state index contributed by atoms with van der Waals surface area (Å²) in [6.07, 6.45) is 6.36. The Morgan fingerprint density at radius 2 is 2.50 bits per heavy atom. The summed E-state index contributed by atoms with van der Waals surface area (Å²) in [5.41, 5.74) is 0. The van der Waals surface area contributed by atoms with E-state index in [-0.39, 0.29) is 0 Å². The van der Waals surface area contributed by atoms with Crippen LogP contribution in [0.25, 0.3) is 0 Å². The molecule has 0 aromatic heterocycles. The summed E-state index contributed by atoms with van der Waals surface area (Å²) in [6, 6.07) is 0.635. The summed E-state index contributed by atoms with van der Waals surface area (Å²) < 4.78 is 0. The second kappa shape index (κ2) is 2.19. The lowest BCUT2D eigenvalue weighted by molar-refractivity contribution is 0.657. The van der Waals surface area contributed by atoms with E-state index in [4.69, 9.17) is 6.42 Å². The van der Waals surface area contributed by atoms with Gasteiger partial charge in [0, 0.05) is 18.5 Å². The second-order valence-electron chi connectivity index (χ2n) is 2.41. The Bertz CT molecular complexity index is 112. The third-order valence-electron chi connectivity index (χ3n) is 1.59. The molecule has 0 aromatic rings. The molecule has 1 heterocycles. The fraction of sp³-hybridized carbons (Fsp3) is 0.714. The molecule has 1 aliphatic heterocycles. The smallest absolute Gasteiger partial charge is 0.0339 e. The zero-order valence-electron chi connectivity index (χ0n) is 5.15. The largest absolute Gasteiger partial charge is 0.313 e. The zero-order valence-corrected chi connectivity index (χ0v) is 5.15. The molecule has 1 N–H and O–H groups in total. The van der Waals surface area contributed by atoms with Crippen molar-refractivity contribution in [3.05, 3.63) is 0 Å². The Balaban J connectivity index is 2.35. The first-order valence-corrected chi connectivity index (χ1v) is 3.02. The molecule has 2 unspecified atom stereocenters. The predicted molar refractivity (Wildman–Crippen MR) is 34.4 cm³/mol. The van der Waals surface area contributed by atoms with Crippen LogP contribution in [0.3, 0.4) is 0 Å². The van der Waals surface area contributed by atoms with Gasteiger partial charge < -0.3 is 5.32 Å². The van der Waals surface area contributed by atoms with Crippen molar-refractivity contribution in [2.45, 2.75) is 19.4 Å². The highest BCUT2D eigenvalue weighted by molar-refractivity contribution is 4.99. The first kappa shape index (κ1) is 5.65. The molecule has 0 radical (unpaired) electrons. The van der Waals surface area contributed by atoms with E-state index in [1.165, 1.54) is 0 Å². The number of terminal acetylenes is 1. The molecule has 0 aliphatic carbocycles. The lowest BCUT2D eigenvalue weighted by atomic mass is 10.1. The van der Waals surface area contributed by atoms with E-state index in [1.54, 1.807) is 0 Å². The maximum absolute atomic E-state index is 5.21. The molecular formula is C7H11N. The van der Waals surface area contributed by atoms with Crippen molar-refractivity contribution in [2.75, 3.05) is 6.54 Å². The van der Waals surface area contributed by atoms with E-state index >= 15 is 0 Å². The Kier molecular flexibility index (Phi) is 1.55. The normalized spacial score (nSPS) is 37.0. The van der Waals surface area contributed by atoms with Crippen LogP contribution in [0, 0.1) is 18.3 Å². The molecule has 1 nitrogen and oxygen atoms in total. The summed E-state index contributed by atoms with van der Waals surface area (Å²) >= 11 is 0. The summed E-state index contributed by atoms with van der Waals surface area (Å²) in [6.45, 7) is 3.18. The Hall–Kier alpha value is -0.480. The Morgan fingerprint density at radius 3 is 2.75 bits per heavy atom. The molecule has 0 aromatic carbocycles. The maximum Gasteiger partial charge on any atom is 0.0339 e. The van der Waals surface area contributed by atoms with Crippen LogP contribution in [-0.4, -0.2) is 12.6 Å². The van der Waals surface area contributed by atoms with Crippen LogP contribution < -0.4 is 5.32 Å². The van der Waals surface area contributed by atoms with E-state index in [9.17, 15) is 0 Å². The van der Waals surface area contributed by atoms with E-state index in [2.05, 4.69) is 18.2 Å². The van der Waals surface area contributed by atoms with Gasteiger partial charge in [-0.1, -0.05) is 0 Å². The number of hydrogen-bond donors (Lipinski definition) is 1. The number of hydrogen-bond acceptors (Lipinski definition) is 1. The SMILES string of the molecule is C#CC1CNC(C)C1. The van der Waals surface area contributed by atoms with Crippen LogP contribution in [0.4, 0.5) is 0 Å². The molecular weight excluding hydrogens is 98.1 g/mol. The highest BCUT2D eigenvalue weighted by Gasteiger charge is 2.17. The molecule has 1 fully saturated rings. The Labute approximate surface area is 50.5 Å². The highest BCUT2D eigenvalue weighted by Crippen LogP contribution is 2.10. The van der Waals surface area contributed by atoms with E-state index in [0.29, 0.717) is 12.0 Å². The zero-order chi connectivity index (χ0) is 5.98. The van der Waals surface area contributed by atoms with Gasteiger partial charge in [-0.15, -0.1) is 12.3 Å². The van der Waals surface area contributed by atoms with Crippen molar-refractivity contribution in [3.8, 4) is 12.3 Å². The van der Waals surface area contributed by atoms with E-state index < -0.39 is 0 Å². The topological polar surface area (TPSA) is 12.0 Å². The molecule has 8 heavy (non-hydrogen) atoms. The summed E-state index contributed by atoms with van der Waals surface area (Å²) in [5.74, 6) is 3.22. The first-order valence-electron chi connectivity index (χ1n) is 3.02. The second-order valence-corrected chi connectivity index (χ2v) is 2.41. The molecule has 1 rings (SSSR count). The lowest BCUT2D eigenvalue weighted by Gasteiger charge is -1.95. The van der Waals surface area contributed by atoms with Gasteiger partial charge in [-0.05, 0) is 13.3 Å².